The van der Waals surface area contributed by atoms with Crippen LogP contribution in [0.4, 0.5) is 39.5 Å². The van der Waals surface area contributed by atoms with Gasteiger partial charge in [0.25, 0.3) is 0 Å². The van der Waals surface area contributed by atoms with Crippen LogP contribution in [0.2, 0.25) is 5.02 Å². The van der Waals surface area contributed by atoms with E-state index in [0.29, 0.717) is 18.2 Å². The summed E-state index contributed by atoms with van der Waals surface area (Å²) in [6.07, 6.45) is -14.9. The van der Waals surface area contributed by atoms with E-state index in [4.69, 9.17) is 16.4 Å². The third kappa shape index (κ3) is 5.80. The number of halogens is 10. The summed E-state index contributed by atoms with van der Waals surface area (Å²) in [4.78, 5) is 4.70. The van der Waals surface area contributed by atoms with Crippen molar-refractivity contribution in [3.05, 3.63) is 69.2 Å². The zero-order chi connectivity index (χ0) is 22.9. The van der Waals surface area contributed by atoms with Crippen molar-refractivity contribution in [2.24, 2.45) is 5.16 Å². The van der Waals surface area contributed by atoms with Gasteiger partial charge in [-0.1, -0.05) is 22.8 Å². The van der Waals surface area contributed by atoms with Gasteiger partial charge in [-0.15, -0.1) is 0 Å². The Morgan fingerprint density at radius 1 is 0.833 bits per heavy atom. The number of alkyl halides is 9. The zero-order valence-electron chi connectivity index (χ0n) is 14.8. The normalized spacial score (nSPS) is 13.5. The largest absolute Gasteiger partial charge is 0.417 e. The van der Waals surface area contributed by atoms with Gasteiger partial charge in [-0.05, 0) is 37.3 Å². The number of rotatable bonds is 4. The van der Waals surface area contributed by atoms with Gasteiger partial charge in [-0.25, -0.2) is 0 Å². The number of hydrogen-bond donors (Lipinski definition) is 0. The van der Waals surface area contributed by atoms with Crippen molar-refractivity contribution in [2.45, 2.75) is 32.1 Å². The van der Waals surface area contributed by atoms with Gasteiger partial charge in [-0.3, -0.25) is 0 Å². The van der Waals surface area contributed by atoms with Gasteiger partial charge in [-0.2, -0.15) is 39.5 Å². The van der Waals surface area contributed by atoms with E-state index in [9.17, 15) is 39.5 Å². The molecule has 2 rings (SSSR count). The summed E-state index contributed by atoms with van der Waals surface area (Å²) in [7, 11) is 0. The Labute approximate surface area is 168 Å². The summed E-state index contributed by atoms with van der Waals surface area (Å²) >= 11 is 5.68. The highest BCUT2D eigenvalue weighted by molar-refractivity contribution is 6.31. The standard InChI is InChI=1S/C18H11ClF9NO/c1-9(13-7-12(19)4-5-14(13)17(23,24)25)29-30-8-10-2-3-11(16(20,21)22)6-15(10)18(26,27)28/h2-7H,8H2,1H3/b29-9+. The third-order valence-corrected chi connectivity index (χ3v) is 4.08. The lowest BCUT2D eigenvalue weighted by Gasteiger charge is -2.16. The average Bonchev–Trinajstić information content (AvgIpc) is 2.58. The van der Waals surface area contributed by atoms with Crippen LogP contribution in [-0.4, -0.2) is 5.71 Å². The minimum absolute atomic E-state index is 0.0466. The lowest BCUT2D eigenvalue weighted by atomic mass is 10.0. The Kier molecular flexibility index (Phi) is 6.65. The first-order valence-electron chi connectivity index (χ1n) is 7.91. The van der Waals surface area contributed by atoms with Gasteiger partial charge in [0.15, 0.2) is 0 Å². The summed E-state index contributed by atoms with van der Waals surface area (Å²) in [6.45, 7) is 0.185. The molecule has 0 bridgehead atoms. The monoisotopic (exact) mass is 463 g/mol. The van der Waals surface area contributed by atoms with Crippen molar-refractivity contribution < 1.29 is 44.4 Å². The maximum Gasteiger partial charge on any atom is 0.417 e. The van der Waals surface area contributed by atoms with Gasteiger partial charge in [0, 0.05) is 16.1 Å². The van der Waals surface area contributed by atoms with Crippen LogP contribution in [0.15, 0.2) is 41.6 Å². The SMILES string of the molecule is C/C(=N\OCc1ccc(C(F)(F)F)cc1C(F)(F)F)c1cc(Cl)ccc1C(F)(F)F. The molecule has 0 aliphatic carbocycles. The molecule has 2 nitrogen and oxygen atoms in total. The number of nitrogens with zero attached hydrogens (tertiary/aromatic N) is 1. The molecule has 12 heteroatoms. The minimum atomic E-state index is -5.12. The van der Waals surface area contributed by atoms with Crippen molar-refractivity contribution in [2.75, 3.05) is 0 Å². The van der Waals surface area contributed by atoms with Crippen LogP contribution in [0, 0.1) is 0 Å². The average molecular weight is 464 g/mol. The van der Waals surface area contributed by atoms with Crippen molar-refractivity contribution in [1.82, 2.24) is 0 Å². The Bertz CT molecular complexity index is 946. The molecule has 0 saturated carbocycles. The lowest BCUT2D eigenvalue weighted by molar-refractivity contribution is -0.144. The van der Waals surface area contributed by atoms with Gasteiger partial charge < -0.3 is 4.84 Å². The van der Waals surface area contributed by atoms with E-state index in [-0.39, 0.29) is 16.8 Å². The summed E-state index contributed by atoms with van der Waals surface area (Å²) in [5.41, 5.74) is -5.67. The second-order valence-corrected chi connectivity index (χ2v) is 6.44. The molecule has 0 fully saturated rings. The molecule has 0 N–H and O–H groups in total. The summed E-state index contributed by atoms with van der Waals surface area (Å²) in [5, 5.41) is 3.32. The van der Waals surface area contributed by atoms with Crippen LogP contribution in [0.3, 0.4) is 0 Å². The van der Waals surface area contributed by atoms with E-state index in [1.807, 2.05) is 0 Å². The molecule has 0 unspecified atom stereocenters. The first-order chi connectivity index (χ1) is 13.6. The van der Waals surface area contributed by atoms with Gasteiger partial charge in [0.2, 0.25) is 0 Å². The highest BCUT2D eigenvalue weighted by Crippen LogP contribution is 2.38. The van der Waals surface area contributed by atoms with Crippen LogP contribution in [0.5, 0.6) is 0 Å². The summed E-state index contributed by atoms with van der Waals surface area (Å²) in [6, 6.07) is 3.58. The van der Waals surface area contributed by atoms with Gasteiger partial charge in [0.05, 0.1) is 22.4 Å². The Balaban J connectivity index is 2.32. The van der Waals surface area contributed by atoms with Crippen LogP contribution in [0.1, 0.15) is 34.7 Å². The van der Waals surface area contributed by atoms with E-state index >= 15 is 0 Å². The van der Waals surface area contributed by atoms with Gasteiger partial charge >= 0.3 is 18.5 Å². The lowest BCUT2D eigenvalue weighted by Crippen LogP contribution is -2.14. The molecule has 0 atom stereocenters. The van der Waals surface area contributed by atoms with E-state index in [1.165, 1.54) is 0 Å². The van der Waals surface area contributed by atoms with E-state index in [2.05, 4.69) is 5.16 Å². The van der Waals surface area contributed by atoms with Gasteiger partial charge in [0.1, 0.15) is 6.61 Å². The van der Waals surface area contributed by atoms with E-state index in [1.54, 1.807) is 0 Å². The molecule has 30 heavy (non-hydrogen) atoms. The zero-order valence-corrected chi connectivity index (χ0v) is 15.6. The molecule has 0 radical (unpaired) electrons. The number of benzene rings is 2. The second kappa shape index (κ2) is 8.37. The fraction of sp³-hybridized carbons (Fsp3) is 0.278. The third-order valence-electron chi connectivity index (χ3n) is 3.84. The number of hydrogen-bond acceptors (Lipinski definition) is 2. The van der Waals surface area contributed by atoms with Crippen LogP contribution >= 0.6 is 11.6 Å². The van der Waals surface area contributed by atoms with Crippen molar-refractivity contribution in [1.29, 1.82) is 0 Å². The predicted octanol–water partition coefficient (Wildman–Crippen LogP) is 7.34. The highest BCUT2D eigenvalue weighted by atomic mass is 35.5. The van der Waals surface area contributed by atoms with Crippen molar-refractivity contribution in [3.8, 4) is 0 Å². The molecular formula is C18H11ClF9NO. The topological polar surface area (TPSA) is 21.6 Å². The molecule has 0 amide bonds. The molecule has 0 aromatic heterocycles. The first kappa shape index (κ1) is 23.8. The molecule has 2 aromatic rings. The first-order valence-corrected chi connectivity index (χ1v) is 8.29. The van der Waals surface area contributed by atoms with Crippen molar-refractivity contribution in [3.63, 3.8) is 0 Å². The molecule has 164 valence electrons. The second-order valence-electron chi connectivity index (χ2n) is 6.01. The summed E-state index contributed by atoms with van der Waals surface area (Å²) in [5.74, 6) is 0. The fourth-order valence-corrected chi connectivity index (χ4v) is 2.63. The predicted molar refractivity (Wildman–Crippen MR) is 89.9 cm³/mol. The quantitative estimate of drug-likeness (QED) is 0.264. The number of oxime groups is 1. The Hall–Kier alpha value is -2.43. The minimum Gasteiger partial charge on any atom is -0.391 e. The van der Waals surface area contributed by atoms with Crippen LogP contribution in [-0.2, 0) is 30.0 Å². The highest BCUT2D eigenvalue weighted by Gasteiger charge is 2.38. The Morgan fingerprint density at radius 2 is 1.43 bits per heavy atom. The summed E-state index contributed by atoms with van der Waals surface area (Å²) < 4.78 is 117. The molecule has 2 aromatic carbocycles. The smallest absolute Gasteiger partial charge is 0.391 e. The maximum atomic E-state index is 13.1. The molecule has 0 heterocycles. The molecule has 0 aliphatic rings. The van der Waals surface area contributed by atoms with Crippen LogP contribution in [0.25, 0.3) is 0 Å². The van der Waals surface area contributed by atoms with E-state index in [0.717, 1.165) is 19.1 Å². The van der Waals surface area contributed by atoms with Crippen molar-refractivity contribution >= 4 is 17.3 Å². The Morgan fingerprint density at radius 3 is 1.97 bits per heavy atom. The molecular weight excluding hydrogens is 453 g/mol. The molecule has 0 aliphatic heterocycles. The molecule has 0 spiro atoms. The van der Waals surface area contributed by atoms with Crippen LogP contribution < -0.4 is 0 Å². The maximum absolute atomic E-state index is 13.1. The fourth-order valence-electron chi connectivity index (χ4n) is 2.45. The molecule has 0 saturated heterocycles. The van der Waals surface area contributed by atoms with E-state index < -0.39 is 53.0 Å².